The van der Waals surface area contributed by atoms with Crippen molar-refractivity contribution in [1.82, 2.24) is 24.8 Å². The van der Waals surface area contributed by atoms with Crippen LogP contribution in [0.15, 0.2) is 31.0 Å². The molecule has 0 aliphatic carbocycles. The zero-order chi connectivity index (χ0) is 12.1. The summed E-state index contributed by atoms with van der Waals surface area (Å²) < 4.78 is 2.04. The lowest BCUT2D eigenvalue weighted by molar-refractivity contribution is 0.552. The maximum Gasteiger partial charge on any atom is 0.109 e. The molecule has 2 rings (SSSR count). The Morgan fingerprint density at radius 2 is 2.18 bits per heavy atom. The molecule has 0 aliphatic rings. The van der Waals surface area contributed by atoms with E-state index >= 15 is 0 Å². The van der Waals surface area contributed by atoms with Crippen molar-refractivity contribution in [3.05, 3.63) is 42.5 Å². The third kappa shape index (κ3) is 3.10. The predicted octanol–water partition coefficient (Wildman–Crippen LogP) is 1.10. The van der Waals surface area contributed by atoms with Crippen LogP contribution in [-0.2, 0) is 13.5 Å². The smallest absolute Gasteiger partial charge is 0.109 e. The lowest BCUT2D eigenvalue weighted by Gasteiger charge is -2.12. The number of nitrogens with one attached hydrogen (secondary N) is 1. The van der Waals surface area contributed by atoms with E-state index in [1.807, 2.05) is 24.0 Å². The molecule has 2 aromatic rings. The number of imidazole rings is 1. The van der Waals surface area contributed by atoms with Crippen molar-refractivity contribution in [2.24, 2.45) is 7.05 Å². The standard InChI is InChI=1S/C12H17N5/c1-10(11-9-13-5-6-15-11)14-4-3-12-16-7-8-17(12)2/h5-10,14H,3-4H2,1-2H3. The van der Waals surface area contributed by atoms with Crippen LogP contribution in [0.2, 0.25) is 0 Å². The molecule has 5 nitrogen and oxygen atoms in total. The van der Waals surface area contributed by atoms with Crippen molar-refractivity contribution in [2.45, 2.75) is 19.4 Å². The first-order valence-corrected chi connectivity index (χ1v) is 5.73. The molecule has 0 saturated heterocycles. The van der Waals surface area contributed by atoms with Gasteiger partial charge < -0.3 is 9.88 Å². The lowest BCUT2D eigenvalue weighted by atomic mass is 10.2. The van der Waals surface area contributed by atoms with E-state index in [2.05, 4.69) is 27.2 Å². The highest BCUT2D eigenvalue weighted by atomic mass is 15.0. The van der Waals surface area contributed by atoms with Crippen molar-refractivity contribution >= 4 is 0 Å². The van der Waals surface area contributed by atoms with Crippen molar-refractivity contribution < 1.29 is 0 Å². The summed E-state index contributed by atoms with van der Waals surface area (Å²) in [6.45, 7) is 2.96. The first-order valence-electron chi connectivity index (χ1n) is 5.73. The van der Waals surface area contributed by atoms with Gasteiger partial charge in [0.25, 0.3) is 0 Å². The van der Waals surface area contributed by atoms with Crippen LogP contribution in [0.5, 0.6) is 0 Å². The minimum absolute atomic E-state index is 0.212. The van der Waals surface area contributed by atoms with Gasteiger partial charge in [-0.2, -0.15) is 0 Å². The van der Waals surface area contributed by atoms with Crippen LogP contribution < -0.4 is 5.32 Å². The Labute approximate surface area is 101 Å². The fourth-order valence-corrected chi connectivity index (χ4v) is 1.68. The Morgan fingerprint density at radius 1 is 1.29 bits per heavy atom. The highest BCUT2D eigenvalue weighted by molar-refractivity contribution is 5.01. The van der Waals surface area contributed by atoms with Gasteiger partial charge in [-0.3, -0.25) is 9.97 Å². The van der Waals surface area contributed by atoms with Crippen LogP contribution in [0, 0.1) is 0 Å². The Balaban J connectivity index is 1.81. The quantitative estimate of drug-likeness (QED) is 0.837. The van der Waals surface area contributed by atoms with Crippen molar-refractivity contribution in [3.63, 3.8) is 0 Å². The molecule has 0 bridgehead atoms. The van der Waals surface area contributed by atoms with Crippen LogP contribution in [0.1, 0.15) is 24.5 Å². The molecule has 0 aromatic carbocycles. The van der Waals surface area contributed by atoms with Crippen molar-refractivity contribution in [1.29, 1.82) is 0 Å². The molecule has 5 heteroatoms. The van der Waals surface area contributed by atoms with Gasteiger partial charge in [-0.15, -0.1) is 0 Å². The number of hydrogen-bond acceptors (Lipinski definition) is 4. The minimum atomic E-state index is 0.212. The van der Waals surface area contributed by atoms with Crippen LogP contribution in [0.3, 0.4) is 0 Å². The average Bonchev–Trinajstić information content (AvgIpc) is 2.76. The van der Waals surface area contributed by atoms with E-state index in [1.54, 1.807) is 18.6 Å². The number of nitrogens with zero attached hydrogens (tertiary/aromatic N) is 4. The molecule has 0 fully saturated rings. The molecule has 17 heavy (non-hydrogen) atoms. The Morgan fingerprint density at radius 3 is 2.82 bits per heavy atom. The molecule has 2 heterocycles. The predicted molar refractivity (Wildman–Crippen MR) is 65.4 cm³/mol. The monoisotopic (exact) mass is 231 g/mol. The van der Waals surface area contributed by atoms with Gasteiger partial charge in [-0.25, -0.2) is 4.98 Å². The summed E-state index contributed by atoms with van der Waals surface area (Å²) in [6.07, 6.45) is 9.88. The normalized spacial score (nSPS) is 12.6. The summed E-state index contributed by atoms with van der Waals surface area (Å²) in [7, 11) is 2.01. The first kappa shape index (κ1) is 11.7. The molecule has 2 aromatic heterocycles. The number of rotatable bonds is 5. The summed E-state index contributed by atoms with van der Waals surface area (Å²) >= 11 is 0. The topological polar surface area (TPSA) is 55.6 Å². The van der Waals surface area contributed by atoms with Crippen LogP contribution in [-0.4, -0.2) is 26.1 Å². The van der Waals surface area contributed by atoms with Gasteiger partial charge in [0.1, 0.15) is 5.82 Å². The van der Waals surface area contributed by atoms with E-state index in [4.69, 9.17) is 0 Å². The van der Waals surface area contributed by atoms with E-state index in [1.165, 1.54) is 0 Å². The maximum absolute atomic E-state index is 4.28. The SMILES string of the molecule is CC(NCCc1nccn1C)c1cnccn1. The van der Waals surface area contributed by atoms with E-state index in [0.717, 1.165) is 24.5 Å². The largest absolute Gasteiger partial charge is 0.338 e. The molecule has 0 saturated carbocycles. The summed E-state index contributed by atoms with van der Waals surface area (Å²) in [4.78, 5) is 12.6. The Bertz CT molecular complexity index is 451. The van der Waals surface area contributed by atoms with Gasteiger partial charge in [0.15, 0.2) is 0 Å². The fourth-order valence-electron chi connectivity index (χ4n) is 1.68. The van der Waals surface area contributed by atoms with Gasteiger partial charge in [-0.1, -0.05) is 0 Å². The molecule has 0 amide bonds. The molecular formula is C12H17N5. The molecule has 0 spiro atoms. The van der Waals surface area contributed by atoms with Crippen LogP contribution in [0.4, 0.5) is 0 Å². The average molecular weight is 231 g/mol. The summed E-state index contributed by atoms with van der Waals surface area (Å²) in [5.74, 6) is 1.09. The van der Waals surface area contributed by atoms with E-state index in [0.29, 0.717) is 0 Å². The minimum Gasteiger partial charge on any atom is -0.338 e. The number of hydrogen-bond donors (Lipinski definition) is 1. The van der Waals surface area contributed by atoms with Gasteiger partial charge in [0.05, 0.1) is 5.69 Å². The molecule has 1 atom stereocenters. The highest BCUT2D eigenvalue weighted by Gasteiger charge is 2.06. The van der Waals surface area contributed by atoms with Crippen molar-refractivity contribution in [3.8, 4) is 0 Å². The van der Waals surface area contributed by atoms with Gasteiger partial charge in [0.2, 0.25) is 0 Å². The van der Waals surface area contributed by atoms with Gasteiger partial charge in [-0.05, 0) is 6.92 Å². The molecule has 1 N–H and O–H groups in total. The Hall–Kier alpha value is -1.75. The molecule has 90 valence electrons. The zero-order valence-corrected chi connectivity index (χ0v) is 10.2. The van der Waals surface area contributed by atoms with E-state index in [9.17, 15) is 0 Å². The zero-order valence-electron chi connectivity index (χ0n) is 10.2. The first-order chi connectivity index (χ1) is 8.27. The summed E-state index contributed by atoms with van der Waals surface area (Å²) in [5, 5.41) is 3.41. The highest BCUT2D eigenvalue weighted by Crippen LogP contribution is 2.06. The van der Waals surface area contributed by atoms with Crippen molar-refractivity contribution in [2.75, 3.05) is 6.54 Å². The second-order valence-corrected chi connectivity index (χ2v) is 4.01. The molecular weight excluding hydrogens is 214 g/mol. The second kappa shape index (κ2) is 5.54. The summed E-state index contributed by atoms with van der Waals surface area (Å²) in [6, 6.07) is 0.212. The second-order valence-electron chi connectivity index (χ2n) is 4.01. The number of aryl methyl sites for hydroxylation is 1. The molecule has 0 radical (unpaired) electrons. The third-order valence-electron chi connectivity index (χ3n) is 2.75. The van der Waals surface area contributed by atoms with Gasteiger partial charge in [0, 0.05) is 57.0 Å². The van der Waals surface area contributed by atoms with E-state index < -0.39 is 0 Å². The van der Waals surface area contributed by atoms with E-state index in [-0.39, 0.29) is 6.04 Å². The summed E-state index contributed by atoms with van der Waals surface area (Å²) in [5.41, 5.74) is 0.965. The number of aromatic nitrogens is 4. The molecule has 1 unspecified atom stereocenters. The molecule has 0 aliphatic heterocycles. The van der Waals surface area contributed by atoms with Crippen LogP contribution >= 0.6 is 0 Å². The lowest BCUT2D eigenvalue weighted by Crippen LogP contribution is -2.23. The third-order valence-corrected chi connectivity index (χ3v) is 2.75. The fraction of sp³-hybridized carbons (Fsp3) is 0.417. The Kier molecular flexibility index (Phi) is 3.82. The van der Waals surface area contributed by atoms with Crippen LogP contribution in [0.25, 0.3) is 0 Å². The maximum atomic E-state index is 4.28. The van der Waals surface area contributed by atoms with Gasteiger partial charge >= 0.3 is 0 Å².